The van der Waals surface area contributed by atoms with E-state index < -0.39 is 0 Å². The number of hydrogen-bond donors (Lipinski definition) is 2. The summed E-state index contributed by atoms with van der Waals surface area (Å²) in [6.07, 6.45) is 0.448. The second-order valence-electron chi connectivity index (χ2n) is 8.81. The summed E-state index contributed by atoms with van der Waals surface area (Å²) in [5.41, 5.74) is 2.99. The maximum atomic E-state index is 11.4. The summed E-state index contributed by atoms with van der Waals surface area (Å²) in [7, 11) is 1.74. The molecule has 1 aliphatic heterocycles. The van der Waals surface area contributed by atoms with Crippen molar-refractivity contribution in [2.24, 2.45) is 0 Å². The zero-order valence-electron chi connectivity index (χ0n) is 20.8. The van der Waals surface area contributed by atoms with Crippen LogP contribution < -0.4 is 10.2 Å². The van der Waals surface area contributed by atoms with Crippen LogP contribution in [0.25, 0.3) is 0 Å². The van der Waals surface area contributed by atoms with E-state index in [1.165, 1.54) is 11.8 Å². The van der Waals surface area contributed by atoms with Gasteiger partial charge in [0.05, 0.1) is 6.61 Å². The summed E-state index contributed by atoms with van der Waals surface area (Å²) >= 11 is 1.51. The van der Waals surface area contributed by atoms with E-state index in [2.05, 4.69) is 32.2 Å². The van der Waals surface area contributed by atoms with Crippen molar-refractivity contribution in [1.82, 2.24) is 25.1 Å². The molecule has 0 aliphatic carbocycles. The van der Waals surface area contributed by atoms with Crippen LogP contribution in [-0.2, 0) is 16.0 Å². The molecule has 9 nitrogen and oxygen atoms in total. The number of Topliss-reactive ketones (excluding diaryl/α,β-unsaturated/α-hetero) is 1. The van der Waals surface area contributed by atoms with Crippen LogP contribution in [0, 0.1) is 13.8 Å². The first kappa shape index (κ1) is 25.2. The lowest BCUT2D eigenvalue weighted by Gasteiger charge is -2.36. The number of H-pyrrole nitrogens is 1. The average molecular weight is 496 g/mol. The van der Waals surface area contributed by atoms with Gasteiger partial charge in [-0.3, -0.25) is 14.8 Å². The fourth-order valence-electron chi connectivity index (χ4n) is 4.04. The first-order valence-electron chi connectivity index (χ1n) is 11.8. The fraction of sp³-hybridized carbons (Fsp3) is 0.440. The van der Waals surface area contributed by atoms with Gasteiger partial charge in [0.15, 0.2) is 11.0 Å². The number of ether oxygens (including phenoxy) is 1. The molecular formula is C25H33N7O2S. The second-order valence-corrected chi connectivity index (χ2v) is 9.85. The Bertz CT molecular complexity index is 1140. The predicted molar refractivity (Wildman–Crippen MR) is 139 cm³/mol. The van der Waals surface area contributed by atoms with E-state index in [1.54, 1.807) is 14.0 Å². The van der Waals surface area contributed by atoms with Crippen molar-refractivity contribution < 1.29 is 9.53 Å². The number of nitrogens with one attached hydrogen (secondary N) is 2. The molecule has 0 unspecified atom stereocenters. The smallest absolute Gasteiger partial charge is 0.196 e. The molecule has 0 saturated carbocycles. The summed E-state index contributed by atoms with van der Waals surface area (Å²) < 4.78 is 5.24. The molecule has 1 saturated heterocycles. The van der Waals surface area contributed by atoms with Crippen LogP contribution in [0.2, 0.25) is 0 Å². The van der Waals surface area contributed by atoms with E-state index in [-0.39, 0.29) is 5.78 Å². The molecule has 1 fully saturated rings. The summed E-state index contributed by atoms with van der Waals surface area (Å²) in [5.74, 6) is 2.57. The topological polar surface area (TPSA) is 99.3 Å². The lowest BCUT2D eigenvalue weighted by atomic mass is 10.1. The van der Waals surface area contributed by atoms with Crippen molar-refractivity contribution in [2.45, 2.75) is 37.2 Å². The number of aromatic amines is 1. The van der Waals surface area contributed by atoms with Gasteiger partial charge in [-0.2, -0.15) is 5.10 Å². The SMILES string of the molecule is COCCN1CCN(c2nc(Sc3ccc(CC(C)=O)cc3)nc(Nc3cc(C)[nH]n3)c2C)CC1. The van der Waals surface area contributed by atoms with Gasteiger partial charge in [-0.25, -0.2) is 9.97 Å². The lowest BCUT2D eigenvalue weighted by molar-refractivity contribution is -0.116. The number of hydrogen-bond acceptors (Lipinski definition) is 9. The molecule has 0 bridgehead atoms. The highest BCUT2D eigenvalue weighted by Crippen LogP contribution is 2.32. The van der Waals surface area contributed by atoms with Crippen LogP contribution in [0.15, 0.2) is 40.4 Å². The predicted octanol–water partition coefficient (Wildman–Crippen LogP) is 3.61. The minimum atomic E-state index is 0.156. The highest BCUT2D eigenvalue weighted by atomic mass is 32.2. The summed E-state index contributed by atoms with van der Waals surface area (Å²) in [5, 5.41) is 11.3. The van der Waals surface area contributed by atoms with E-state index >= 15 is 0 Å². The number of methoxy groups -OCH3 is 1. The minimum Gasteiger partial charge on any atom is -0.383 e. The molecule has 10 heteroatoms. The van der Waals surface area contributed by atoms with Crippen molar-refractivity contribution in [3.63, 3.8) is 0 Å². The van der Waals surface area contributed by atoms with Gasteiger partial charge >= 0.3 is 0 Å². The number of ketones is 1. The van der Waals surface area contributed by atoms with Gasteiger partial charge in [-0.05, 0) is 50.2 Å². The van der Waals surface area contributed by atoms with Gasteiger partial charge in [0, 0.05) is 68.5 Å². The van der Waals surface area contributed by atoms with Gasteiger partial charge in [0.1, 0.15) is 17.4 Å². The molecule has 1 aromatic carbocycles. The van der Waals surface area contributed by atoms with Crippen molar-refractivity contribution in [3.8, 4) is 0 Å². The van der Waals surface area contributed by atoms with E-state index in [1.807, 2.05) is 37.3 Å². The third-order valence-corrected chi connectivity index (χ3v) is 6.79. The Morgan fingerprint density at radius 2 is 1.89 bits per heavy atom. The monoisotopic (exact) mass is 495 g/mol. The first-order valence-corrected chi connectivity index (χ1v) is 12.6. The summed E-state index contributed by atoms with van der Waals surface area (Å²) in [4.78, 5) is 27.0. The van der Waals surface area contributed by atoms with Crippen LogP contribution in [0.1, 0.15) is 23.7 Å². The lowest BCUT2D eigenvalue weighted by Crippen LogP contribution is -2.47. The van der Waals surface area contributed by atoms with Gasteiger partial charge in [0.25, 0.3) is 0 Å². The first-order chi connectivity index (χ1) is 16.9. The van der Waals surface area contributed by atoms with Gasteiger partial charge in [-0.1, -0.05) is 12.1 Å². The third kappa shape index (κ3) is 6.81. The largest absolute Gasteiger partial charge is 0.383 e. The maximum Gasteiger partial charge on any atom is 0.196 e. The van der Waals surface area contributed by atoms with Crippen molar-refractivity contribution in [1.29, 1.82) is 0 Å². The highest BCUT2D eigenvalue weighted by molar-refractivity contribution is 7.99. The van der Waals surface area contributed by atoms with E-state index in [0.717, 1.165) is 78.5 Å². The number of aryl methyl sites for hydroxylation is 1. The Morgan fingerprint density at radius 3 is 2.51 bits per heavy atom. The quantitative estimate of drug-likeness (QED) is 0.409. The van der Waals surface area contributed by atoms with Crippen LogP contribution in [-0.4, -0.2) is 77.3 Å². The Balaban J connectivity index is 1.58. The minimum absolute atomic E-state index is 0.156. The Kier molecular flexibility index (Phi) is 8.37. The van der Waals surface area contributed by atoms with Crippen molar-refractivity contribution in [2.75, 3.05) is 56.7 Å². The summed E-state index contributed by atoms with van der Waals surface area (Å²) in [6, 6.07) is 9.97. The molecule has 186 valence electrons. The molecule has 4 rings (SSSR count). The van der Waals surface area contributed by atoms with E-state index in [9.17, 15) is 4.79 Å². The molecule has 0 amide bonds. The number of carbonyl (C=O) groups excluding carboxylic acids is 1. The molecule has 0 spiro atoms. The zero-order valence-corrected chi connectivity index (χ0v) is 21.6. The molecule has 3 heterocycles. The number of nitrogens with zero attached hydrogens (tertiary/aromatic N) is 5. The summed E-state index contributed by atoms with van der Waals surface area (Å²) in [6.45, 7) is 11.0. The maximum absolute atomic E-state index is 11.4. The Morgan fingerprint density at radius 1 is 1.14 bits per heavy atom. The number of anilines is 3. The van der Waals surface area contributed by atoms with Gasteiger partial charge in [0.2, 0.25) is 0 Å². The van der Waals surface area contributed by atoms with Crippen molar-refractivity contribution in [3.05, 3.63) is 47.2 Å². The van der Waals surface area contributed by atoms with E-state index in [4.69, 9.17) is 14.7 Å². The van der Waals surface area contributed by atoms with E-state index in [0.29, 0.717) is 11.6 Å². The van der Waals surface area contributed by atoms with Gasteiger partial charge in [-0.15, -0.1) is 0 Å². The Labute approximate surface area is 210 Å². The molecule has 3 aromatic rings. The Hall–Kier alpha value is -2.95. The normalized spacial score (nSPS) is 14.3. The van der Waals surface area contributed by atoms with Crippen molar-refractivity contribution >= 4 is 35.0 Å². The average Bonchev–Trinajstić information content (AvgIpc) is 3.25. The van der Waals surface area contributed by atoms with Crippen LogP contribution in [0.5, 0.6) is 0 Å². The number of benzene rings is 1. The zero-order chi connectivity index (χ0) is 24.8. The standard InChI is InChI=1S/C25H33N7O2S/c1-17-15-22(30-29-17)26-23-19(3)24(32-11-9-31(10-12-32)13-14-34-4)28-25(27-23)35-21-7-5-20(6-8-21)16-18(2)33/h5-8,15H,9-14,16H2,1-4H3,(H2,26,27,28,29,30). The van der Waals surface area contributed by atoms with Crippen LogP contribution in [0.4, 0.5) is 17.5 Å². The number of rotatable bonds is 10. The molecular weight excluding hydrogens is 462 g/mol. The highest BCUT2D eigenvalue weighted by Gasteiger charge is 2.22. The second kappa shape index (κ2) is 11.7. The molecule has 2 aromatic heterocycles. The van der Waals surface area contributed by atoms with Crippen LogP contribution >= 0.6 is 11.8 Å². The molecule has 1 aliphatic rings. The number of piperazine rings is 1. The molecule has 0 radical (unpaired) electrons. The molecule has 0 atom stereocenters. The fourth-order valence-corrected chi connectivity index (χ4v) is 4.79. The number of carbonyl (C=O) groups is 1. The molecule has 35 heavy (non-hydrogen) atoms. The van der Waals surface area contributed by atoms with Gasteiger partial charge < -0.3 is 15.0 Å². The number of aromatic nitrogens is 4. The van der Waals surface area contributed by atoms with Crippen LogP contribution in [0.3, 0.4) is 0 Å². The molecule has 2 N–H and O–H groups in total. The third-order valence-electron chi connectivity index (χ3n) is 5.92.